The van der Waals surface area contributed by atoms with Crippen molar-refractivity contribution in [2.45, 2.75) is 64.6 Å². The van der Waals surface area contributed by atoms with Gasteiger partial charge in [0, 0.05) is 45.4 Å². The summed E-state index contributed by atoms with van der Waals surface area (Å²) < 4.78 is 40.9. The first-order valence-electron chi connectivity index (χ1n) is 12.1. The summed E-state index contributed by atoms with van der Waals surface area (Å²) in [5.41, 5.74) is -0.107. The molecular formula is C27H27FN2O10. The van der Waals surface area contributed by atoms with Gasteiger partial charge in [-0.25, -0.2) is 4.39 Å². The van der Waals surface area contributed by atoms with Crippen LogP contribution in [0.2, 0.25) is 0 Å². The van der Waals surface area contributed by atoms with Gasteiger partial charge in [0.1, 0.15) is 36.3 Å². The van der Waals surface area contributed by atoms with Crippen molar-refractivity contribution in [3.8, 4) is 17.2 Å². The Morgan fingerprint density at radius 1 is 0.900 bits per heavy atom. The zero-order valence-corrected chi connectivity index (χ0v) is 22.1. The topological polar surface area (TPSA) is 171 Å². The number of rotatable bonds is 8. The molecule has 1 N–H and O–H groups in total. The molecule has 1 aliphatic heterocycles. The number of nitrogens with one attached hydrogen (secondary N) is 1. The first-order valence-corrected chi connectivity index (χ1v) is 12.1. The standard InChI is InChI=1S/C27H27FN2O10/c1-13(31)36-12-23-25(38-15(3)33)26(39-16(4)34)24(37-14(2)32)22(40-23)10-19-9-20(21(11-29)27(35)30-19)17-5-7-18(28)8-6-17/h5-9,22-26H,10,12H2,1-4H3,(H,30,35)/t22-,23+,24-,25+,26+/m0/s1. The van der Waals surface area contributed by atoms with Gasteiger partial charge in [0.2, 0.25) is 0 Å². The van der Waals surface area contributed by atoms with Gasteiger partial charge in [-0.1, -0.05) is 12.1 Å². The number of halogens is 1. The van der Waals surface area contributed by atoms with Crippen LogP contribution in [0.5, 0.6) is 0 Å². The number of ether oxygens (including phenoxy) is 5. The van der Waals surface area contributed by atoms with Crippen molar-refractivity contribution >= 4 is 23.9 Å². The summed E-state index contributed by atoms with van der Waals surface area (Å²) in [6.07, 6.45) is -6.45. The van der Waals surface area contributed by atoms with Crippen LogP contribution in [-0.4, -0.2) is 66.0 Å². The van der Waals surface area contributed by atoms with E-state index in [1.54, 1.807) is 0 Å². The Labute approximate surface area is 227 Å². The Hall–Kier alpha value is -4.57. The summed E-state index contributed by atoms with van der Waals surface area (Å²) in [4.78, 5) is 62.9. The van der Waals surface area contributed by atoms with Crippen molar-refractivity contribution in [1.29, 1.82) is 5.26 Å². The lowest BCUT2D eigenvalue weighted by molar-refractivity contribution is -0.252. The molecule has 3 rings (SSSR count). The van der Waals surface area contributed by atoms with Crippen LogP contribution < -0.4 is 5.56 Å². The molecule has 0 saturated carbocycles. The zero-order valence-electron chi connectivity index (χ0n) is 22.1. The summed E-state index contributed by atoms with van der Waals surface area (Å²) in [6.45, 7) is 4.08. The minimum Gasteiger partial charge on any atom is -0.463 e. The third-order valence-corrected chi connectivity index (χ3v) is 5.86. The van der Waals surface area contributed by atoms with E-state index in [1.807, 2.05) is 6.07 Å². The summed E-state index contributed by atoms with van der Waals surface area (Å²) in [6, 6.07) is 8.49. The SMILES string of the molecule is CC(=O)OC[C@H]1O[C@@H](Cc2cc(-c3ccc(F)cc3)c(C#N)c(=O)[nH]2)[C@H](OC(C)=O)[C@@H](OC(C)=O)[C@@H]1OC(C)=O. The second-order valence-corrected chi connectivity index (χ2v) is 8.97. The lowest BCUT2D eigenvalue weighted by atomic mass is 9.91. The third-order valence-electron chi connectivity index (χ3n) is 5.86. The third kappa shape index (κ3) is 7.51. The molecule has 0 bridgehead atoms. The summed E-state index contributed by atoms with van der Waals surface area (Å²) in [5, 5.41) is 9.57. The summed E-state index contributed by atoms with van der Waals surface area (Å²) >= 11 is 0. The van der Waals surface area contributed by atoms with Crippen LogP contribution in [0, 0.1) is 17.1 Å². The normalized spacial score (nSPS) is 21.9. The van der Waals surface area contributed by atoms with E-state index >= 15 is 0 Å². The maximum atomic E-state index is 13.5. The largest absolute Gasteiger partial charge is 0.463 e. The molecule has 5 atom stereocenters. The number of esters is 4. The number of carbonyl (C=O) groups is 4. The maximum absolute atomic E-state index is 13.5. The van der Waals surface area contributed by atoms with Crippen molar-refractivity contribution in [3.63, 3.8) is 0 Å². The minimum absolute atomic E-state index is 0.159. The molecular weight excluding hydrogens is 531 g/mol. The van der Waals surface area contributed by atoms with E-state index in [-0.39, 0.29) is 23.2 Å². The molecule has 12 nitrogen and oxygen atoms in total. The van der Waals surface area contributed by atoms with Crippen LogP contribution in [0.25, 0.3) is 11.1 Å². The Balaban J connectivity index is 2.09. The number of hydrogen-bond acceptors (Lipinski definition) is 11. The predicted molar refractivity (Wildman–Crippen MR) is 133 cm³/mol. The van der Waals surface area contributed by atoms with Gasteiger partial charge in [-0.15, -0.1) is 0 Å². The van der Waals surface area contributed by atoms with E-state index < -0.39 is 72.4 Å². The van der Waals surface area contributed by atoms with Crippen LogP contribution >= 0.6 is 0 Å². The van der Waals surface area contributed by atoms with E-state index in [2.05, 4.69) is 4.98 Å². The molecule has 0 unspecified atom stereocenters. The number of benzene rings is 1. The fourth-order valence-corrected chi connectivity index (χ4v) is 4.39. The Bertz CT molecular complexity index is 1380. The quantitative estimate of drug-likeness (QED) is 0.369. The van der Waals surface area contributed by atoms with Gasteiger partial charge in [0.15, 0.2) is 18.3 Å². The highest BCUT2D eigenvalue weighted by Gasteiger charge is 2.52. The molecule has 2 heterocycles. The van der Waals surface area contributed by atoms with E-state index in [9.17, 15) is 33.6 Å². The molecule has 40 heavy (non-hydrogen) atoms. The van der Waals surface area contributed by atoms with Crippen LogP contribution in [-0.2, 0) is 49.3 Å². The Kier molecular flexibility index (Phi) is 9.73. The van der Waals surface area contributed by atoms with Crippen molar-refractivity contribution < 1.29 is 47.3 Å². The van der Waals surface area contributed by atoms with Crippen molar-refractivity contribution in [2.24, 2.45) is 0 Å². The molecule has 0 aliphatic carbocycles. The Morgan fingerprint density at radius 3 is 1.98 bits per heavy atom. The van der Waals surface area contributed by atoms with Gasteiger partial charge in [-0.2, -0.15) is 5.26 Å². The van der Waals surface area contributed by atoms with E-state index in [4.69, 9.17) is 23.7 Å². The number of pyridine rings is 1. The van der Waals surface area contributed by atoms with Gasteiger partial charge in [-0.05, 0) is 23.8 Å². The molecule has 1 aliphatic rings. The van der Waals surface area contributed by atoms with Crippen LogP contribution in [0.15, 0.2) is 35.1 Å². The average Bonchev–Trinajstić information content (AvgIpc) is 2.85. The number of aromatic amines is 1. The number of H-pyrrole nitrogens is 1. The number of nitrogens with zero attached hydrogens (tertiary/aromatic N) is 1. The number of aromatic nitrogens is 1. The average molecular weight is 559 g/mol. The number of carbonyl (C=O) groups excluding carboxylic acids is 4. The molecule has 212 valence electrons. The van der Waals surface area contributed by atoms with Crippen LogP contribution in [0.4, 0.5) is 4.39 Å². The van der Waals surface area contributed by atoms with Crippen LogP contribution in [0.3, 0.4) is 0 Å². The molecule has 1 saturated heterocycles. The second kappa shape index (κ2) is 13.0. The van der Waals surface area contributed by atoms with Gasteiger partial charge < -0.3 is 28.7 Å². The van der Waals surface area contributed by atoms with Gasteiger partial charge >= 0.3 is 23.9 Å². The van der Waals surface area contributed by atoms with Gasteiger partial charge in [-0.3, -0.25) is 24.0 Å². The van der Waals surface area contributed by atoms with Crippen molar-refractivity contribution in [1.82, 2.24) is 4.98 Å². The molecule has 1 aromatic carbocycles. The van der Waals surface area contributed by atoms with E-state index in [0.29, 0.717) is 5.56 Å². The lowest BCUT2D eigenvalue weighted by Crippen LogP contribution is -2.62. The fourth-order valence-electron chi connectivity index (χ4n) is 4.39. The maximum Gasteiger partial charge on any atom is 0.303 e. The molecule has 0 radical (unpaired) electrons. The predicted octanol–water partition coefficient (Wildman–Crippen LogP) is 1.72. The van der Waals surface area contributed by atoms with Gasteiger partial charge in [0.05, 0.1) is 0 Å². The minimum atomic E-state index is -1.37. The zero-order chi connectivity index (χ0) is 29.6. The Morgan fingerprint density at radius 2 is 1.45 bits per heavy atom. The van der Waals surface area contributed by atoms with Crippen molar-refractivity contribution in [3.05, 3.63) is 57.8 Å². The molecule has 2 aromatic rings. The first-order chi connectivity index (χ1) is 18.9. The lowest BCUT2D eigenvalue weighted by Gasteiger charge is -2.44. The number of hydrogen-bond donors (Lipinski definition) is 1. The molecule has 1 aromatic heterocycles. The molecule has 13 heteroatoms. The smallest absolute Gasteiger partial charge is 0.303 e. The first kappa shape index (κ1) is 30.0. The van der Waals surface area contributed by atoms with E-state index in [1.165, 1.54) is 30.3 Å². The number of nitriles is 1. The highest BCUT2D eigenvalue weighted by Crippen LogP contribution is 2.31. The molecule has 0 amide bonds. The van der Waals surface area contributed by atoms with E-state index in [0.717, 1.165) is 27.7 Å². The summed E-state index contributed by atoms with van der Waals surface area (Å²) in [7, 11) is 0. The monoisotopic (exact) mass is 558 g/mol. The highest BCUT2D eigenvalue weighted by molar-refractivity contribution is 5.71. The molecule has 1 fully saturated rings. The highest BCUT2D eigenvalue weighted by atomic mass is 19.1. The molecule has 0 spiro atoms. The van der Waals surface area contributed by atoms with Crippen molar-refractivity contribution in [2.75, 3.05) is 6.61 Å². The van der Waals surface area contributed by atoms with Crippen LogP contribution in [0.1, 0.15) is 39.0 Å². The fraction of sp³-hybridized carbons (Fsp3) is 0.407. The second-order valence-electron chi connectivity index (χ2n) is 8.97. The van der Waals surface area contributed by atoms with Gasteiger partial charge in [0.25, 0.3) is 5.56 Å². The summed E-state index contributed by atoms with van der Waals surface area (Å²) in [5.74, 6) is -3.48.